The summed E-state index contributed by atoms with van der Waals surface area (Å²) in [7, 11) is 0. The maximum atomic E-state index is 2.30. The summed E-state index contributed by atoms with van der Waals surface area (Å²) in [6.07, 6.45) is 2.12. The van der Waals surface area contributed by atoms with Crippen molar-refractivity contribution in [3.05, 3.63) is 78.4 Å². The van der Waals surface area contributed by atoms with Crippen LogP contribution in [0.3, 0.4) is 0 Å². The molecule has 21 heavy (non-hydrogen) atoms. The fourth-order valence-corrected chi connectivity index (χ4v) is 3.06. The van der Waals surface area contributed by atoms with E-state index >= 15 is 0 Å². The summed E-state index contributed by atoms with van der Waals surface area (Å²) in [6.45, 7) is 2.18. The van der Waals surface area contributed by atoms with Crippen LogP contribution in [-0.4, -0.2) is 6.26 Å². The maximum Gasteiger partial charge on any atom is 0.00757 e. The van der Waals surface area contributed by atoms with Gasteiger partial charge in [-0.3, -0.25) is 0 Å². The standard InChI is InChI=1S/C20H18S/c1-15-8-6-7-11-18(15)20-14-17(21-2)12-13-19(20)16-9-4-3-5-10-16/h3-14H,1-2H3. The summed E-state index contributed by atoms with van der Waals surface area (Å²) in [4.78, 5) is 1.30. The zero-order chi connectivity index (χ0) is 14.7. The molecule has 0 N–H and O–H groups in total. The third kappa shape index (κ3) is 2.88. The van der Waals surface area contributed by atoms with Gasteiger partial charge in [0.15, 0.2) is 0 Å². The van der Waals surface area contributed by atoms with E-state index in [9.17, 15) is 0 Å². The van der Waals surface area contributed by atoms with Crippen molar-refractivity contribution in [1.82, 2.24) is 0 Å². The van der Waals surface area contributed by atoms with Gasteiger partial charge in [-0.05, 0) is 53.1 Å². The van der Waals surface area contributed by atoms with E-state index in [1.807, 2.05) is 0 Å². The summed E-state index contributed by atoms with van der Waals surface area (Å²) < 4.78 is 0. The van der Waals surface area contributed by atoms with Crippen LogP contribution in [0.25, 0.3) is 22.3 Å². The summed E-state index contributed by atoms with van der Waals surface area (Å²) in [5, 5.41) is 0. The first-order chi connectivity index (χ1) is 10.3. The topological polar surface area (TPSA) is 0 Å². The fourth-order valence-electron chi connectivity index (χ4n) is 2.62. The van der Waals surface area contributed by atoms with Crippen LogP contribution in [0.4, 0.5) is 0 Å². The lowest BCUT2D eigenvalue weighted by atomic mass is 9.92. The quantitative estimate of drug-likeness (QED) is 0.529. The Morgan fingerprint density at radius 2 is 1.38 bits per heavy atom. The van der Waals surface area contributed by atoms with Crippen molar-refractivity contribution < 1.29 is 0 Å². The summed E-state index contributed by atoms with van der Waals surface area (Å²) in [6, 6.07) is 25.9. The zero-order valence-corrected chi connectivity index (χ0v) is 13.2. The molecule has 0 aromatic heterocycles. The lowest BCUT2D eigenvalue weighted by Crippen LogP contribution is -1.88. The molecule has 0 aliphatic carbocycles. The maximum absolute atomic E-state index is 2.30. The molecule has 3 aromatic carbocycles. The Hall–Kier alpha value is -1.99. The van der Waals surface area contributed by atoms with Crippen LogP contribution in [-0.2, 0) is 0 Å². The van der Waals surface area contributed by atoms with Crippen molar-refractivity contribution in [3.8, 4) is 22.3 Å². The Bertz CT molecular complexity index is 745. The average Bonchev–Trinajstić information content (AvgIpc) is 2.55. The first-order valence-electron chi connectivity index (χ1n) is 7.09. The van der Waals surface area contributed by atoms with Crippen molar-refractivity contribution in [3.63, 3.8) is 0 Å². The van der Waals surface area contributed by atoms with Crippen LogP contribution in [0.1, 0.15) is 5.56 Å². The van der Waals surface area contributed by atoms with Crippen molar-refractivity contribution >= 4 is 11.8 Å². The van der Waals surface area contributed by atoms with Crippen LogP contribution in [0.2, 0.25) is 0 Å². The van der Waals surface area contributed by atoms with Gasteiger partial charge < -0.3 is 0 Å². The van der Waals surface area contributed by atoms with E-state index in [1.54, 1.807) is 11.8 Å². The molecule has 0 aliphatic rings. The van der Waals surface area contributed by atoms with Crippen molar-refractivity contribution in [1.29, 1.82) is 0 Å². The lowest BCUT2D eigenvalue weighted by Gasteiger charge is -2.14. The van der Waals surface area contributed by atoms with Crippen LogP contribution in [0, 0.1) is 6.92 Å². The van der Waals surface area contributed by atoms with Crippen molar-refractivity contribution in [2.24, 2.45) is 0 Å². The van der Waals surface area contributed by atoms with Crippen molar-refractivity contribution in [2.45, 2.75) is 11.8 Å². The number of benzene rings is 3. The molecule has 0 saturated heterocycles. The van der Waals surface area contributed by atoms with Gasteiger partial charge >= 0.3 is 0 Å². The SMILES string of the molecule is CSc1ccc(-c2ccccc2)c(-c2ccccc2C)c1. The van der Waals surface area contributed by atoms with E-state index in [4.69, 9.17) is 0 Å². The highest BCUT2D eigenvalue weighted by atomic mass is 32.2. The Balaban J connectivity index is 2.24. The average molecular weight is 290 g/mol. The third-order valence-corrected chi connectivity index (χ3v) is 4.47. The second-order valence-electron chi connectivity index (χ2n) is 5.09. The highest BCUT2D eigenvalue weighted by molar-refractivity contribution is 7.98. The Labute approximate surface area is 130 Å². The van der Waals surface area contributed by atoms with Crippen LogP contribution in [0.5, 0.6) is 0 Å². The minimum Gasteiger partial charge on any atom is -0.130 e. The minimum atomic E-state index is 1.27. The van der Waals surface area contributed by atoms with Gasteiger partial charge in [0.25, 0.3) is 0 Å². The summed E-state index contributed by atoms with van der Waals surface area (Å²) in [5.41, 5.74) is 6.50. The molecular formula is C20H18S. The first-order valence-corrected chi connectivity index (χ1v) is 8.31. The molecule has 0 heterocycles. The number of thioether (sulfide) groups is 1. The van der Waals surface area contributed by atoms with Gasteiger partial charge in [-0.2, -0.15) is 0 Å². The first kappa shape index (κ1) is 14.0. The lowest BCUT2D eigenvalue weighted by molar-refractivity contribution is 1.41. The minimum absolute atomic E-state index is 1.27. The Kier molecular flexibility index (Phi) is 4.12. The molecular weight excluding hydrogens is 272 g/mol. The van der Waals surface area contributed by atoms with Crippen LogP contribution in [0.15, 0.2) is 77.7 Å². The molecule has 3 aromatic rings. The highest BCUT2D eigenvalue weighted by Crippen LogP contribution is 2.36. The van der Waals surface area contributed by atoms with E-state index in [0.717, 1.165) is 0 Å². The van der Waals surface area contributed by atoms with E-state index in [2.05, 4.69) is 86.0 Å². The molecule has 0 saturated carbocycles. The molecule has 0 fully saturated rings. The van der Waals surface area contributed by atoms with E-state index in [0.29, 0.717) is 0 Å². The summed E-state index contributed by atoms with van der Waals surface area (Å²) >= 11 is 1.79. The molecule has 0 amide bonds. The van der Waals surface area contributed by atoms with Gasteiger partial charge in [-0.25, -0.2) is 0 Å². The van der Waals surface area contributed by atoms with E-state index in [1.165, 1.54) is 32.7 Å². The molecule has 104 valence electrons. The summed E-state index contributed by atoms with van der Waals surface area (Å²) in [5.74, 6) is 0. The van der Waals surface area contributed by atoms with Gasteiger partial charge in [-0.1, -0.05) is 60.7 Å². The van der Waals surface area contributed by atoms with E-state index < -0.39 is 0 Å². The van der Waals surface area contributed by atoms with Gasteiger partial charge in [-0.15, -0.1) is 11.8 Å². The second kappa shape index (κ2) is 6.19. The number of rotatable bonds is 3. The van der Waals surface area contributed by atoms with Gasteiger partial charge in [0, 0.05) is 4.90 Å². The molecule has 0 unspecified atom stereocenters. The number of hydrogen-bond donors (Lipinski definition) is 0. The predicted molar refractivity (Wildman–Crippen MR) is 93.8 cm³/mol. The fraction of sp³-hybridized carbons (Fsp3) is 0.100. The highest BCUT2D eigenvalue weighted by Gasteiger charge is 2.10. The van der Waals surface area contributed by atoms with Gasteiger partial charge in [0.1, 0.15) is 0 Å². The molecule has 0 spiro atoms. The van der Waals surface area contributed by atoms with E-state index in [-0.39, 0.29) is 0 Å². The Morgan fingerprint density at radius 1 is 0.667 bits per heavy atom. The number of aryl methyl sites for hydroxylation is 1. The normalized spacial score (nSPS) is 10.6. The molecule has 1 heteroatoms. The van der Waals surface area contributed by atoms with Crippen molar-refractivity contribution in [2.75, 3.05) is 6.26 Å². The largest absolute Gasteiger partial charge is 0.130 e. The predicted octanol–water partition coefficient (Wildman–Crippen LogP) is 6.05. The van der Waals surface area contributed by atoms with Gasteiger partial charge in [0.05, 0.1) is 0 Å². The smallest absolute Gasteiger partial charge is 0.00757 e. The monoisotopic (exact) mass is 290 g/mol. The molecule has 0 nitrogen and oxygen atoms in total. The zero-order valence-electron chi connectivity index (χ0n) is 12.3. The molecule has 0 atom stereocenters. The second-order valence-corrected chi connectivity index (χ2v) is 5.97. The Morgan fingerprint density at radius 3 is 2.10 bits per heavy atom. The van der Waals surface area contributed by atoms with Crippen LogP contribution < -0.4 is 0 Å². The van der Waals surface area contributed by atoms with Gasteiger partial charge in [0.2, 0.25) is 0 Å². The van der Waals surface area contributed by atoms with Crippen LogP contribution >= 0.6 is 11.8 Å². The molecule has 0 bridgehead atoms. The molecule has 0 radical (unpaired) electrons. The number of hydrogen-bond acceptors (Lipinski definition) is 1. The third-order valence-electron chi connectivity index (χ3n) is 3.75. The molecule has 0 aliphatic heterocycles. The molecule has 3 rings (SSSR count).